The molecule has 140 valence electrons. The molecule has 1 unspecified atom stereocenters. The van der Waals surface area contributed by atoms with Crippen LogP contribution in [0.2, 0.25) is 0 Å². The monoisotopic (exact) mass is 419 g/mol. The summed E-state index contributed by atoms with van der Waals surface area (Å²) in [5.41, 5.74) is 2.22. The average Bonchev–Trinajstić information content (AvgIpc) is 3.30. The topological polar surface area (TPSA) is 65.7 Å². The predicted molar refractivity (Wildman–Crippen MR) is 109 cm³/mol. The van der Waals surface area contributed by atoms with Crippen molar-refractivity contribution in [3.05, 3.63) is 46.3 Å². The number of aryl methyl sites for hydroxylation is 1. The van der Waals surface area contributed by atoms with Crippen LogP contribution < -0.4 is 15.5 Å². The average molecular weight is 420 g/mol. The van der Waals surface area contributed by atoms with Crippen LogP contribution in [0.4, 0.5) is 5.69 Å². The summed E-state index contributed by atoms with van der Waals surface area (Å²) in [4.78, 5) is 7.04. The Balaban J connectivity index is 1.57. The summed E-state index contributed by atoms with van der Waals surface area (Å²) in [6.07, 6.45) is 1.96. The van der Waals surface area contributed by atoms with E-state index in [0.717, 1.165) is 54.4 Å². The molecule has 1 aromatic carbocycles. The molecule has 2 N–H and O–H groups in total. The van der Waals surface area contributed by atoms with Crippen molar-refractivity contribution in [2.24, 2.45) is 4.99 Å². The van der Waals surface area contributed by atoms with E-state index in [1.165, 1.54) is 5.69 Å². The summed E-state index contributed by atoms with van der Waals surface area (Å²) in [6, 6.07) is 10.8. The standard InChI is InChI=1S/C19H26BrN5O/c1-3-15-11-18(26-24-15)12-22-19(21-4-2)23-16-9-10-25(13-16)17-7-5-14(20)6-8-17/h5-8,11,16H,3-4,9-10,12-13H2,1-2H3,(H2,21,22,23). The molecule has 0 radical (unpaired) electrons. The Kier molecular flexibility index (Phi) is 6.55. The summed E-state index contributed by atoms with van der Waals surface area (Å²) in [5, 5.41) is 10.9. The van der Waals surface area contributed by atoms with Gasteiger partial charge in [0.05, 0.1) is 5.69 Å². The van der Waals surface area contributed by atoms with Gasteiger partial charge in [0.2, 0.25) is 0 Å². The van der Waals surface area contributed by atoms with E-state index in [-0.39, 0.29) is 0 Å². The largest absolute Gasteiger partial charge is 0.369 e. The number of hydrogen-bond acceptors (Lipinski definition) is 4. The minimum absolute atomic E-state index is 0.373. The van der Waals surface area contributed by atoms with Crippen molar-refractivity contribution in [2.45, 2.75) is 39.3 Å². The number of aliphatic imine (C=N–C) groups is 1. The number of guanidine groups is 1. The fraction of sp³-hybridized carbons (Fsp3) is 0.474. The maximum Gasteiger partial charge on any atom is 0.191 e. The third-order valence-electron chi connectivity index (χ3n) is 4.43. The lowest BCUT2D eigenvalue weighted by molar-refractivity contribution is 0.379. The number of halogens is 1. The van der Waals surface area contributed by atoms with E-state index in [1.54, 1.807) is 0 Å². The van der Waals surface area contributed by atoms with Gasteiger partial charge in [-0.2, -0.15) is 0 Å². The third-order valence-corrected chi connectivity index (χ3v) is 4.96. The van der Waals surface area contributed by atoms with Crippen molar-refractivity contribution in [3.8, 4) is 0 Å². The Morgan fingerprint density at radius 3 is 2.85 bits per heavy atom. The molecule has 1 fully saturated rings. The van der Waals surface area contributed by atoms with Gasteiger partial charge in [-0.1, -0.05) is 28.0 Å². The molecule has 3 rings (SSSR count). The summed E-state index contributed by atoms with van der Waals surface area (Å²) < 4.78 is 6.42. The molecule has 0 aliphatic carbocycles. The van der Waals surface area contributed by atoms with Crippen molar-refractivity contribution >= 4 is 27.6 Å². The van der Waals surface area contributed by atoms with Crippen molar-refractivity contribution in [1.82, 2.24) is 15.8 Å². The summed E-state index contributed by atoms with van der Waals surface area (Å²) in [7, 11) is 0. The summed E-state index contributed by atoms with van der Waals surface area (Å²) >= 11 is 3.49. The first-order valence-electron chi connectivity index (χ1n) is 9.17. The van der Waals surface area contributed by atoms with Crippen LogP contribution in [0.15, 0.2) is 44.3 Å². The van der Waals surface area contributed by atoms with E-state index >= 15 is 0 Å². The highest BCUT2D eigenvalue weighted by Gasteiger charge is 2.23. The number of nitrogens with zero attached hydrogens (tertiary/aromatic N) is 3. The highest BCUT2D eigenvalue weighted by molar-refractivity contribution is 9.10. The Hall–Kier alpha value is -2.02. The molecule has 7 heteroatoms. The van der Waals surface area contributed by atoms with Gasteiger partial charge in [-0.3, -0.25) is 0 Å². The first kappa shape index (κ1) is 18.8. The van der Waals surface area contributed by atoms with E-state index in [9.17, 15) is 0 Å². The smallest absolute Gasteiger partial charge is 0.191 e. The Morgan fingerprint density at radius 2 is 2.15 bits per heavy atom. The van der Waals surface area contributed by atoms with Crippen LogP contribution in [0.3, 0.4) is 0 Å². The Bertz CT molecular complexity index is 728. The molecule has 0 bridgehead atoms. The molecule has 0 amide bonds. The predicted octanol–water partition coefficient (Wildman–Crippen LogP) is 3.33. The third kappa shape index (κ3) is 5.00. The van der Waals surface area contributed by atoms with Crippen LogP contribution in [0.25, 0.3) is 0 Å². The Morgan fingerprint density at radius 1 is 1.35 bits per heavy atom. The number of nitrogens with one attached hydrogen (secondary N) is 2. The molecular weight excluding hydrogens is 394 g/mol. The Labute approximate surface area is 163 Å². The zero-order chi connectivity index (χ0) is 18.4. The summed E-state index contributed by atoms with van der Waals surface area (Å²) in [6.45, 7) is 7.46. The molecule has 1 aromatic heterocycles. The van der Waals surface area contributed by atoms with E-state index in [1.807, 2.05) is 6.07 Å². The van der Waals surface area contributed by atoms with Crippen LogP contribution in [-0.4, -0.2) is 36.8 Å². The molecule has 0 spiro atoms. The zero-order valence-electron chi connectivity index (χ0n) is 15.3. The lowest BCUT2D eigenvalue weighted by Gasteiger charge is -2.20. The molecule has 1 saturated heterocycles. The second kappa shape index (κ2) is 9.07. The van der Waals surface area contributed by atoms with Gasteiger partial charge < -0.3 is 20.1 Å². The lowest BCUT2D eigenvalue weighted by Crippen LogP contribution is -2.44. The minimum atomic E-state index is 0.373. The number of hydrogen-bond donors (Lipinski definition) is 2. The van der Waals surface area contributed by atoms with Gasteiger partial charge in [0.25, 0.3) is 0 Å². The SMILES string of the molecule is CCNC(=NCc1cc(CC)no1)NC1CCN(c2ccc(Br)cc2)C1. The molecular formula is C19H26BrN5O. The van der Waals surface area contributed by atoms with Crippen molar-refractivity contribution in [1.29, 1.82) is 0 Å². The van der Waals surface area contributed by atoms with Crippen LogP contribution in [0.1, 0.15) is 31.7 Å². The molecule has 1 atom stereocenters. The van der Waals surface area contributed by atoms with Crippen LogP contribution in [0, 0.1) is 0 Å². The first-order chi connectivity index (χ1) is 12.7. The quantitative estimate of drug-likeness (QED) is 0.555. The first-order valence-corrected chi connectivity index (χ1v) is 9.97. The number of benzene rings is 1. The van der Waals surface area contributed by atoms with Gasteiger partial charge in [0, 0.05) is 41.9 Å². The lowest BCUT2D eigenvalue weighted by atomic mass is 10.2. The summed E-state index contributed by atoms with van der Waals surface area (Å²) in [5.74, 6) is 1.62. The fourth-order valence-electron chi connectivity index (χ4n) is 3.03. The number of rotatable bonds is 6. The second-order valence-electron chi connectivity index (χ2n) is 6.39. The molecule has 6 nitrogen and oxygen atoms in total. The van der Waals surface area contributed by atoms with Gasteiger partial charge in [-0.05, 0) is 44.0 Å². The van der Waals surface area contributed by atoms with Crippen LogP contribution in [0.5, 0.6) is 0 Å². The van der Waals surface area contributed by atoms with Gasteiger partial charge in [-0.25, -0.2) is 4.99 Å². The van der Waals surface area contributed by atoms with Crippen molar-refractivity contribution in [3.63, 3.8) is 0 Å². The minimum Gasteiger partial charge on any atom is -0.369 e. The van der Waals surface area contributed by atoms with E-state index in [0.29, 0.717) is 12.6 Å². The van der Waals surface area contributed by atoms with E-state index in [2.05, 4.69) is 79.7 Å². The zero-order valence-corrected chi connectivity index (χ0v) is 16.9. The number of anilines is 1. The molecule has 1 aliphatic rings. The fourth-order valence-corrected chi connectivity index (χ4v) is 3.30. The number of aromatic nitrogens is 1. The molecule has 1 aliphatic heterocycles. The van der Waals surface area contributed by atoms with Crippen molar-refractivity contribution < 1.29 is 4.52 Å². The highest BCUT2D eigenvalue weighted by atomic mass is 79.9. The maximum atomic E-state index is 5.31. The maximum absolute atomic E-state index is 5.31. The van der Waals surface area contributed by atoms with Gasteiger partial charge in [0.1, 0.15) is 6.54 Å². The van der Waals surface area contributed by atoms with Crippen LogP contribution in [-0.2, 0) is 13.0 Å². The van der Waals surface area contributed by atoms with Crippen molar-refractivity contribution in [2.75, 3.05) is 24.5 Å². The van der Waals surface area contributed by atoms with E-state index < -0.39 is 0 Å². The molecule has 2 heterocycles. The van der Waals surface area contributed by atoms with Gasteiger partial charge >= 0.3 is 0 Å². The second-order valence-corrected chi connectivity index (χ2v) is 7.30. The molecule has 26 heavy (non-hydrogen) atoms. The molecule has 2 aromatic rings. The van der Waals surface area contributed by atoms with Gasteiger partial charge in [0.15, 0.2) is 11.7 Å². The van der Waals surface area contributed by atoms with E-state index in [4.69, 9.17) is 4.52 Å². The van der Waals surface area contributed by atoms with Crippen LogP contribution >= 0.6 is 15.9 Å². The molecule has 0 saturated carbocycles. The van der Waals surface area contributed by atoms with Gasteiger partial charge in [-0.15, -0.1) is 0 Å². The highest BCUT2D eigenvalue weighted by Crippen LogP contribution is 2.22. The normalized spacial score (nSPS) is 17.6.